The lowest BCUT2D eigenvalue weighted by Crippen LogP contribution is -2.33. The molecule has 0 radical (unpaired) electrons. The van der Waals surface area contributed by atoms with Gasteiger partial charge in [-0.05, 0) is 39.0 Å². The minimum atomic E-state index is -0.907. The Morgan fingerprint density at radius 3 is 2.76 bits per heavy atom. The number of anilines is 1. The van der Waals surface area contributed by atoms with Crippen LogP contribution in [0.25, 0.3) is 0 Å². The minimum Gasteiger partial charge on any atom is -0.486 e. The predicted molar refractivity (Wildman–Crippen MR) is 76.8 cm³/mol. The molecule has 21 heavy (non-hydrogen) atoms. The molecule has 114 valence electrons. The van der Waals surface area contributed by atoms with E-state index in [1.165, 1.54) is 0 Å². The Balaban J connectivity index is 2.11. The van der Waals surface area contributed by atoms with E-state index in [9.17, 15) is 9.59 Å². The van der Waals surface area contributed by atoms with Crippen molar-refractivity contribution in [1.82, 2.24) is 0 Å². The van der Waals surface area contributed by atoms with Gasteiger partial charge in [0.15, 0.2) is 0 Å². The molecule has 1 unspecified atom stereocenters. The van der Waals surface area contributed by atoms with Crippen LogP contribution in [0, 0.1) is 0 Å². The third-order valence-electron chi connectivity index (χ3n) is 2.83. The normalized spacial score (nSPS) is 17.2. The molecule has 1 aliphatic heterocycles. The molecule has 0 aromatic heterocycles. The number of aliphatic carboxylic acids is 1. The van der Waals surface area contributed by atoms with E-state index in [-0.39, 0.29) is 6.42 Å². The number of hydrogen-bond acceptors (Lipinski definition) is 5. The monoisotopic (exact) mass is 293 g/mol. The smallest absolute Gasteiger partial charge is 0.338 e. The fourth-order valence-electron chi connectivity index (χ4n) is 1.99. The number of carboxylic acids is 1. The number of carboxylic acid groups (broad SMARTS) is 1. The second-order valence-electron chi connectivity index (χ2n) is 5.93. The summed E-state index contributed by atoms with van der Waals surface area (Å²) in [6.07, 6.45) is -0.484. The largest absolute Gasteiger partial charge is 0.486 e. The van der Waals surface area contributed by atoms with Crippen molar-refractivity contribution in [1.29, 1.82) is 0 Å². The molecule has 1 atom stereocenters. The van der Waals surface area contributed by atoms with Crippen molar-refractivity contribution in [3.63, 3.8) is 0 Å². The van der Waals surface area contributed by atoms with Crippen LogP contribution < -0.4 is 10.1 Å². The van der Waals surface area contributed by atoms with Gasteiger partial charge >= 0.3 is 11.9 Å². The van der Waals surface area contributed by atoms with Gasteiger partial charge < -0.3 is 19.9 Å². The van der Waals surface area contributed by atoms with Gasteiger partial charge in [-0.15, -0.1) is 0 Å². The summed E-state index contributed by atoms with van der Waals surface area (Å²) in [6, 6.07) is 4.91. The van der Waals surface area contributed by atoms with E-state index in [2.05, 4.69) is 5.32 Å². The van der Waals surface area contributed by atoms with Gasteiger partial charge in [0.1, 0.15) is 17.5 Å². The molecule has 0 bridgehead atoms. The molecular formula is C15H19NO5. The van der Waals surface area contributed by atoms with E-state index >= 15 is 0 Å². The summed E-state index contributed by atoms with van der Waals surface area (Å²) in [5, 5.41) is 11.8. The zero-order valence-electron chi connectivity index (χ0n) is 12.3. The first-order valence-corrected chi connectivity index (χ1v) is 6.74. The summed E-state index contributed by atoms with van der Waals surface area (Å²) >= 11 is 0. The standard InChI is InChI=1S/C15H19NO5/c1-15(2,3)21-14(19)9-4-5-12-11(6-9)16-8-10(20-12)7-13(17)18/h4-6,10,16H,7-8H2,1-3H3,(H,17,18). The lowest BCUT2D eigenvalue weighted by molar-refractivity contribution is -0.138. The van der Waals surface area contributed by atoms with Gasteiger partial charge in [-0.25, -0.2) is 4.79 Å². The molecular weight excluding hydrogens is 274 g/mol. The van der Waals surface area contributed by atoms with Crippen molar-refractivity contribution in [2.45, 2.75) is 38.9 Å². The number of rotatable bonds is 3. The predicted octanol–water partition coefficient (Wildman–Crippen LogP) is 2.29. The van der Waals surface area contributed by atoms with Gasteiger partial charge in [-0.1, -0.05) is 0 Å². The Labute approximate surface area is 123 Å². The maximum Gasteiger partial charge on any atom is 0.338 e. The first kappa shape index (κ1) is 15.2. The SMILES string of the molecule is CC(C)(C)OC(=O)c1ccc2c(c1)NCC(CC(=O)O)O2. The summed E-state index contributed by atoms with van der Waals surface area (Å²) in [5.74, 6) is -0.768. The molecule has 0 saturated carbocycles. The third kappa shape index (κ3) is 4.11. The molecule has 0 fully saturated rings. The van der Waals surface area contributed by atoms with Crippen LogP contribution in [0.3, 0.4) is 0 Å². The second kappa shape index (κ2) is 5.63. The molecule has 0 saturated heterocycles. The number of hydrogen-bond donors (Lipinski definition) is 2. The molecule has 6 nitrogen and oxygen atoms in total. The average Bonchev–Trinajstić information content (AvgIpc) is 2.35. The second-order valence-corrected chi connectivity index (χ2v) is 5.93. The zero-order chi connectivity index (χ0) is 15.6. The van der Waals surface area contributed by atoms with Crippen molar-refractivity contribution in [2.24, 2.45) is 0 Å². The first-order chi connectivity index (χ1) is 9.74. The quantitative estimate of drug-likeness (QED) is 0.832. The van der Waals surface area contributed by atoms with E-state index in [4.69, 9.17) is 14.6 Å². The molecule has 1 aromatic carbocycles. The Bertz CT molecular complexity index is 562. The Morgan fingerprint density at radius 1 is 1.43 bits per heavy atom. The molecule has 1 aliphatic rings. The summed E-state index contributed by atoms with van der Waals surface area (Å²) in [6.45, 7) is 5.81. The van der Waals surface area contributed by atoms with E-state index in [1.54, 1.807) is 39.0 Å². The van der Waals surface area contributed by atoms with Crippen molar-refractivity contribution in [3.05, 3.63) is 23.8 Å². The van der Waals surface area contributed by atoms with Crippen LogP contribution in [0.4, 0.5) is 5.69 Å². The topological polar surface area (TPSA) is 84.9 Å². The maximum absolute atomic E-state index is 12.0. The fraction of sp³-hybridized carbons (Fsp3) is 0.467. The number of carbonyl (C=O) groups is 2. The van der Waals surface area contributed by atoms with Crippen LogP contribution in [0.5, 0.6) is 5.75 Å². The summed E-state index contributed by atoms with van der Waals surface area (Å²) < 4.78 is 10.9. The summed E-state index contributed by atoms with van der Waals surface area (Å²) in [7, 11) is 0. The van der Waals surface area contributed by atoms with Gasteiger partial charge in [0.25, 0.3) is 0 Å². The van der Waals surface area contributed by atoms with Crippen molar-refractivity contribution < 1.29 is 24.2 Å². The van der Waals surface area contributed by atoms with E-state index in [0.717, 1.165) is 0 Å². The average molecular weight is 293 g/mol. The number of carbonyl (C=O) groups excluding carboxylic acids is 1. The molecule has 1 aromatic rings. The third-order valence-corrected chi connectivity index (χ3v) is 2.83. The Morgan fingerprint density at radius 2 is 2.14 bits per heavy atom. The van der Waals surface area contributed by atoms with E-state index < -0.39 is 23.6 Å². The Hall–Kier alpha value is -2.24. The minimum absolute atomic E-state index is 0.0692. The highest BCUT2D eigenvalue weighted by atomic mass is 16.6. The van der Waals surface area contributed by atoms with Crippen LogP contribution in [-0.4, -0.2) is 35.3 Å². The van der Waals surface area contributed by atoms with Crippen LogP contribution >= 0.6 is 0 Å². The maximum atomic E-state index is 12.0. The van der Waals surface area contributed by atoms with Crippen molar-refractivity contribution in [2.75, 3.05) is 11.9 Å². The lowest BCUT2D eigenvalue weighted by atomic mass is 10.1. The first-order valence-electron chi connectivity index (χ1n) is 6.74. The van der Waals surface area contributed by atoms with Gasteiger partial charge in [0, 0.05) is 0 Å². The van der Waals surface area contributed by atoms with Crippen LogP contribution in [-0.2, 0) is 9.53 Å². The van der Waals surface area contributed by atoms with Crippen molar-refractivity contribution in [3.8, 4) is 5.75 Å². The number of nitrogens with one attached hydrogen (secondary N) is 1. The Kier molecular flexibility index (Phi) is 4.06. The summed E-state index contributed by atoms with van der Waals surface area (Å²) in [4.78, 5) is 22.7. The number of benzene rings is 1. The fourth-order valence-corrected chi connectivity index (χ4v) is 1.99. The number of fused-ring (bicyclic) bond motifs is 1. The van der Waals surface area contributed by atoms with Gasteiger partial charge in [-0.2, -0.15) is 0 Å². The van der Waals surface area contributed by atoms with Gasteiger partial charge in [-0.3, -0.25) is 4.79 Å². The lowest BCUT2D eigenvalue weighted by Gasteiger charge is -2.27. The highest BCUT2D eigenvalue weighted by Crippen LogP contribution is 2.31. The highest BCUT2D eigenvalue weighted by molar-refractivity contribution is 5.91. The molecule has 1 heterocycles. The molecule has 6 heteroatoms. The highest BCUT2D eigenvalue weighted by Gasteiger charge is 2.24. The molecule has 2 rings (SSSR count). The van der Waals surface area contributed by atoms with Crippen LogP contribution in [0.15, 0.2) is 18.2 Å². The van der Waals surface area contributed by atoms with Gasteiger partial charge in [0.05, 0.1) is 24.2 Å². The molecule has 2 N–H and O–H groups in total. The molecule has 0 amide bonds. The van der Waals surface area contributed by atoms with Crippen molar-refractivity contribution >= 4 is 17.6 Å². The zero-order valence-corrected chi connectivity index (χ0v) is 12.3. The summed E-state index contributed by atoms with van der Waals surface area (Å²) in [5.41, 5.74) is 0.542. The van der Waals surface area contributed by atoms with Crippen LogP contribution in [0.2, 0.25) is 0 Å². The molecule has 0 spiro atoms. The number of ether oxygens (including phenoxy) is 2. The van der Waals surface area contributed by atoms with E-state index in [1.807, 2.05) is 0 Å². The van der Waals surface area contributed by atoms with Gasteiger partial charge in [0.2, 0.25) is 0 Å². The van der Waals surface area contributed by atoms with E-state index in [0.29, 0.717) is 23.5 Å². The van der Waals surface area contributed by atoms with Crippen LogP contribution in [0.1, 0.15) is 37.6 Å². The number of esters is 1. The molecule has 0 aliphatic carbocycles.